The third kappa shape index (κ3) is 3.69. The summed E-state index contributed by atoms with van der Waals surface area (Å²) in [6.45, 7) is 8.57. The highest BCUT2D eigenvalue weighted by Crippen LogP contribution is 2.29. The molecule has 1 fully saturated rings. The standard InChI is InChI=1S/C13H23N3O2/c1-3-16(4-2)8-7-15-12(17)13(11-14)5-9-18-10-6-13/h3-10H2,1-2H3,(H,15,17). The molecule has 1 saturated heterocycles. The third-order valence-corrected chi connectivity index (χ3v) is 3.60. The van der Waals surface area contributed by atoms with Crippen LogP contribution in [0.15, 0.2) is 0 Å². The van der Waals surface area contributed by atoms with Crippen LogP contribution in [-0.2, 0) is 9.53 Å². The first kappa shape index (κ1) is 14.9. The summed E-state index contributed by atoms with van der Waals surface area (Å²) in [5.74, 6) is -0.138. The largest absolute Gasteiger partial charge is 0.381 e. The Morgan fingerprint density at radius 3 is 2.50 bits per heavy atom. The van der Waals surface area contributed by atoms with Crippen LogP contribution in [0.2, 0.25) is 0 Å². The maximum atomic E-state index is 12.1. The van der Waals surface area contributed by atoms with Gasteiger partial charge in [0.05, 0.1) is 6.07 Å². The van der Waals surface area contributed by atoms with Crippen molar-refractivity contribution in [3.05, 3.63) is 0 Å². The Bertz CT molecular complexity index is 302. The number of rotatable bonds is 6. The van der Waals surface area contributed by atoms with Crippen LogP contribution < -0.4 is 5.32 Å². The van der Waals surface area contributed by atoms with Crippen molar-refractivity contribution in [2.75, 3.05) is 39.4 Å². The SMILES string of the molecule is CCN(CC)CCNC(=O)C1(C#N)CCOCC1. The predicted octanol–water partition coefficient (Wildman–Crippen LogP) is 0.765. The van der Waals surface area contributed by atoms with E-state index in [4.69, 9.17) is 4.74 Å². The van der Waals surface area contributed by atoms with Gasteiger partial charge in [-0.1, -0.05) is 13.8 Å². The molecule has 1 heterocycles. The molecule has 1 amide bonds. The molecule has 0 aliphatic carbocycles. The average molecular weight is 253 g/mol. The lowest BCUT2D eigenvalue weighted by Gasteiger charge is -2.29. The summed E-state index contributed by atoms with van der Waals surface area (Å²) in [6.07, 6.45) is 1.00. The molecule has 1 aliphatic rings. The van der Waals surface area contributed by atoms with Gasteiger partial charge in [0.1, 0.15) is 5.41 Å². The van der Waals surface area contributed by atoms with E-state index in [1.54, 1.807) is 0 Å². The maximum Gasteiger partial charge on any atom is 0.240 e. The maximum absolute atomic E-state index is 12.1. The van der Waals surface area contributed by atoms with Crippen molar-refractivity contribution in [1.29, 1.82) is 5.26 Å². The summed E-state index contributed by atoms with van der Waals surface area (Å²) in [7, 11) is 0. The monoisotopic (exact) mass is 253 g/mol. The number of likely N-dealkylation sites (N-methyl/N-ethyl adjacent to an activating group) is 1. The van der Waals surface area contributed by atoms with E-state index in [1.165, 1.54) is 0 Å². The van der Waals surface area contributed by atoms with E-state index >= 15 is 0 Å². The van der Waals surface area contributed by atoms with Gasteiger partial charge in [-0.25, -0.2) is 0 Å². The summed E-state index contributed by atoms with van der Waals surface area (Å²) >= 11 is 0. The lowest BCUT2D eigenvalue weighted by molar-refractivity contribution is -0.132. The molecule has 102 valence electrons. The molecule has 18 heavy (non-hydrogen) atoms. The van der Waals surface area contributed by atoms with Crippen molar-refractivity contribution in [1.82, 2.24) is 10.2 Å². The Kier molecular flexibility index (Phi) is 6.10. The molecule has 5 nitrogen and oxygen atoms in total. The van der Waals surface area contributed by atoms with Gasteiger partial charge in [-0.05, 0) is 25.9 Å². The van der Waals surface area contributed by atoms with Crippen LogP contribution in [0.4, 0.5) is 0 Å². The van der Waals surface area contributed by atoms with Gasteiger partial charge in [0.2, 0.25) is 5.91 Å². The van der Waals surface area contributed by atoms with Crippen molar-refractivity contribution < 1.29 is 9.53 Å². The first-order chi connectivity index (χ1) is 8.68. The fraction of sp³-hybridized carbons (Fsp3) is 0.846. The van der Waals surface area contributed by atoms with Crippen molar-refractivity contribution in [2.24, 2.45) is 5.41 Å². The normalized spacial score (nSPS) is 18.3. The first-order valence-electron chi connectivity index (χ1n) is 6.68. The van der Waals surface area contributed by atoms with Crippen LogP contribution in [-0.4, -0.2) is 50.2 Å². The molecule has 0 radical (unpaired) electrons. The van der Waals surface area contributed by atoms with Crippen LogP contribution in [0.3, 0.4) is 0 Å². The third-order valence-electron chi connectivity index (χ3n) is 3.60. The molecule has 0 atom stereocenters. The second-order valence-corrected chi connectivity index (χ2v) is 4.59. The summed E-state index contributed by atoms with van der Waals surface area (Å²) in [5, 5.41) is 12.1. The molecule has 0 aromatic carbocycles. The molecule has 5 heteroatoms. The zero-order chi connectivity index (χ0) is 13.4. The first-order valence-corrected chi connectivity index (χ1v) is 6.68. The fourth-order valence-corrected chi connectivity index (χ4v) is 2.15. The molecular formula is C13H23N3O2. The number of amides is 1. The number of ether oxygens (including phenoxy) is 1. The zero-order valence-electron chi connectivity index (χ0n) is 11.4. The highest BCUT2D eigenvalue weighted by molar-refractivity contribution is 5.85. The Hall–Kier alpha value is -1.12. The number of carbonyl (C=O) groups is 1. The summed E-state index contributed by atoms with van der Waals surface area (Å²) in [5.41, 5.74) is -0.874. The minimum absolute atomic E-state index is 0.138. The number of nitriles is 1. The second kappa shape index (κ2) is 7.34. The van der Waals surface area contributed by atoms with E-state index in [-0.39, 0.29) is 5.91 Å². The minimum Gasteiger partial charge on any atom is -0.381 e. The van der Waals surface area contributed by atoms with E-state index in [0.717, 1.165) is 19.6 Å². The van der Waals surface area contributed by atoms with Crippen molar-refractivity contribution in [3.63, 3.8) is 0 Å². The molecule has 0 spiro atoms. The molecule has 1 N–H and O–H groups in total. The highest BCUT2D eigenvalue weighted by Gasteiger charge is 2.40. The van der Waals surface area contributed by atoms with E-state index in [1.807, 2.05) is 0 Å². The number of nitrogens with one attached hydrogen (secondary N) is 1. The molecular weight excluding hydrogens is 230 g/mol. The number of hydrogen-bond acceptors (Lipinski definition) is 4. The molecule has 1 aliphatic heterocycles. The van der Waals surface area contributed by atoms with E-state index in [0.29, 0.717) is 32.6 Å². The van der Waals surface area contributed by atoms with Gasteiger partial charge in [-0.3, -0.25) is 4.79 Å². The van der Waals surface area contributed by atoms with Crippen molar-refractivity contribution >= 4 is 5.91 Å². The molecule has 0 saturated carbocycles. The van der Waals surface area contributed by atoms with Crippen molar-refractivity contribution in [2.45, 2.75) is 26.7 Å². The van der Waals surface area contributed by atoms with Gasteiger partial charge >= 0.3 is 0 Å². The second-order valence-electron chi connectivity index (χ2n) is 4.59. The van der Waals surface area contributed by atoms with Crippen molar-refractivity contribution in [3.8, 4) is 6.07 Å². The quantitative estimate of drug-likeness (QED) is 0.759. The lowest BCUT2D eigenvalue weighted by atomic mass is 9.81. The summed E-state index contributed by atoms with van der Waals surface area (Å²) in [6, 6.07) is 2.18. The van der Waals surface area contributed by atoms with Gasteiger partial charge in [-0.15, -0.1) is 0 Å². The van der Waals surface area contributed by atoms with Crippen LogP contribution >= 0.6 is 0 Å². The Balaban J connectivity index is 2.41. The summed E-state index contributed by atoms with van der Waals surface area (Å²) in [4.78, 5) is 14.3. The van der Waals surface area contributed by atoms with E-state index in [2.05, 4.69) is 30.1 Å². The van der Waals surface area contributed by atoms with Gasteiger partial charge < -0.3 is 15.0 Å². The Labute approximate surface area is 109 Å². The van der Waals surface area contributed by atoms with Crippen LogP contribution in [0.5, 0.6) is 0 Å². The highest BCUT2D eigenvalue weighted by atomic mass is 16.5. The molecule has 0 bridgehead atoms. The van der Waals surface area contributed by atoms with E-state index < -0.39 is 5.41 Å². The predicted molar refractivity (Wildman–Crippen MR) is 68.9 cm³/mol. The number of hydrogen-bond donors (Lipinski definition) is 1. The fourth-order valence-electron chi connectivity index (χ4n) is 2.15. The smallest absolute Gasteiger partial charge is 0.240 e. The van der Waals surface area contributed by atoms with Gasteiger partial charge in [0.25, 0.3) is 0 Å². The van der Waals surface area contributed by atoms with Gasteiger partial charge in [0.15, 0.2) is 0 Å². The Morgan fingerprint density at radius 1 is 1.39 bits per heavy atom. The van der Waals surface area contributed by atoms with E-state index in [9.17, 15) is 10.1 Å². The molecule has 0 aromatic heterocycles. The van der Waals surface area contributed by atoms with Crippen LogP contribution in [0, 0.1) is 16.7 Å². The van der Waals surface area contributed by atoms with Crippen LogP contribution in [0.25, 0.3) is 0 Å². The average Bonchev–Trinajstić information content (AvgIpc) is 2.44. The van der Waals surface area contributed by atoms with Gasteiger partial charge in [-0.2, -0.15) is 5.26 Å². The zero-order valence-corrected chi connectivity index (χ0v) is 11.4. The molecule has 1 rings (SSSR count). The topological polar surface area (TPSA) is 65.4 Å². The molecule has 0 aromatic rings. The number of carbonyl (C=O) groups excluding carboxylic acids is 1. The minimum atomic E-state index is -0.874. The lowest BCUT2D eigenvalue weighted by Crippen LogP contribution is -2.45. The number of nitrogens with zero attached hydrogens (tertiary/aromatic N) is 2. The summed E-state index contributed by atoms with van der Waals surface area (Å²) < 4.78 is 5.21. The van der Waals surface area contributed by atoms with Crippen LogP contribution in [0.1, 0.15) is 26.7 Å². The Morgan fingerprint density at radius 2 is 2.00 bits per heavy atom. The molecule has 0 unspecified atom stereocenters. The van der Waals surface area contributed by atoms with Gasteiger partial charge in [0, 0.05) is 26.3 Å².